The minimum atomic E-state index is -0.0824. The minimum Gasteiger partial charge on any atom is -0.349 e. The van der Waals surface area contributed by atoms with Gasteiger partial charge in [-0.3, -0.25) is 4.79 Å². The predicted molar refractivity (Wildman–Crippen MR) is 104 cm³/mol. The van der Waals surface area contributed by atoms with Gasteiger partial charge in [0.25, 0.3) is 5.56 Å². The zero-order chi connectivity index (χ0) is 17.8. The van der Waals surface area contributed by atoms with E-state index in [1.807, 2.05) is 25.1 Å². The molecule has 0 radical (unpaired) electrons. The average molecular weight is 354 g/mol. The lowest BCUT2D eigenvalue weighted by molar-refractivity contribution is 0.619. The zero-order valence-corrected chi connectivity index (χ0v) is 15.6. The van der Waals surface area contributed by atoms with Crippen LogP contribution >= 0.6 is 11.3 Å². The topological polar surface area (TPSA) is 51.0 Å². The van der Waals surface area contributed by atoms with E-state index in [-0.39, 0.29) is 5.56 Å². The van der Waals surface area contributed by atoms with Gasteiger partial charge >= 0.3 is 0 Å². The van der Waals surface area contributed by atoms with Crippen LogP contribution in [-0.2, 0) is 6.54 Å². The van der Waals surface area contributed by atoms with E-state index in [1.54, 1.807) is 23.5 Å². The number of thiazole rings is 1. The smallest absolute Gasteiger partial charge is 0.266 e. The lowest BCUT2D eigenvalue weighted by Gasteiger charge is -2.16. The van der Waals surface area contributed by atoms with Crippen LogP contribution in [0.2, 0.25) is 0 Å². The second-order valence-corrected chi connectivity index (χ2v) is 6.56. The number of nitrogens with zero attached hydrogens (tertiary/aromatic N) is 4. The van der Waals surface area contributed by atoms with Crippen molar-refractivity contribution >= 4 is 16.5 Å². The molecular weight excluding hydrogens is 332 g/mol. The van der Waals surface area contributed by atoms with Gasteiger partial charge in [-0.25, -0.2) is 9.67 Å². The summed E-state index contributed by atoms with van der Waals surface area (Å²) >= 11 is 1.63. The summed E-state index contributed by atoms with van der Waals surface area (Å²) in [6.45, 7) is 8.53. The monoisotopic (exact) mass is 354 g/mol. The molecule has 0 saturated carbocycles. The molecule has 3 rings (SSSR count). The first kappa shape index (κ1) is 17.4. The summed E-state index contributed by atoms with van der Waals surface area (Å²) in [6, 6.07) is 13.5. The number of hydrogen-bond acceptors (Lipinski definition) is 5. The van der Waals surface area contributed by atoms with E-state index < -0.39 is 0 Å². The third kappa shape index (κ3) is 3.49. The van der Waals surface area contributed by atoms with Crippen LogP contribution in [0.1, 0.15) is 20.8 Å². The highest BCUT2D eigenvalue weighted by Crippen LogP contribution is 2.39. The van der Waals surface area contributed by atoms with E-state index in [0.29, 0.717) is 6.54 Å². The second-order valence-electron chi connectivity index (χ2n) is 5.59. The lowest BCUT2D eigenvalue weighted by Crippen LogP contribution is -2.21. The van der Waals surface area contributed by atoms with Crippen molar-refractivity contribution in [2.75, 3.05) is 18.0 Å². The van der Waals surface area contributed by atoms with Crippen LogP contribution in [0.15, 0.2) is 47.3 Å². The maximum Gasteiger partial charge on any atom is 0.266 e. The number of benzene rings is 1. The van der Waals surface area contributed by atoms with Crippen molar-refractivity contribution in [2.24, 2.45) is 0 Å². The molecule has 0 aliphatic carbocycles. The summed E-state index contributed by atoms with van der Waals surface area (Å²) in [4.78, 5) is 20.0. The van der Waals surface area contributed by atoms with Gasteiger partial charge in [0.15, 0.2) is 5.13 Å². The highest BCUT2D eigenvalue weighted by atomic mass is 32.1. The maximum absolute atomic E-state index is 11.9. The molecule has 2 heterocycles. The number of hydrogen-bond donors (Lipinski definition) is 0. The molecule has 0 atom stereocenters. The average Bonchev–Trinajstić information content (AvgIpc) is 3.09. The molecule has 0 saturated heterocycles. The van der Waals surface area contributed by atoms with E-state index in [0.717, 1.165) is 40.0 Å². The van der Waals surface area contributed by atoms with Crippen molar-refractivity contribution in [1.82, 2.24) is 14.8 Å². The lowest BCUT2D eigenvalue weighted by atomic mass is 10.1. The Morgan fingerprint density at radius 2 is 1.76 bits per heavy atom. The van der Waals surface area contributed by atoms with Crippen LogP contribution in [0.3, 0.4) is 0 Å². The van der Waals surface area contributed by atoms with Gasteiger partial charge in [-0.15, -0.1) is 0 Å². The first-order chi connectivity index (χ1) is 12.2. The van der Waals surface area contributed by atoms with Gasteiger partial charge in [0.2, 0.25) is 0 Å². The molecule has 0 N–H and O–H groups in total. The molecule has 1 aromatic carbocycles. The third-order valence-corrected chi connectivity index (χ3v) is 5.23. The summed E-state index contributed by atoms with van der Waals surface area (Å²) < 4.78 is 1.49. The van der Waals surface area contributed by atoms with E-state index in [4.69, 9.17) is 4.98 Å². The van der Waals surface area contributed by atoms with Crippen molar-refractivity contribution < 1.29 is 0 Å². The summed E-state index contributed by atoms with van der Waals surface area (Å²) in [5, 5.41) is 5.51. The molecule has 0 aliphatic heterocycles. The molecule has 2 aromatic heterocycles. The Labute approximate surface area is 151 Å². The fourth-order valence-corrected chi connectivity index (χ4v) is 3.88. The minimum absolute atomic E-state index is 0.0824. The summed E-state index contributed by atoms with van der Waals surface area (Å²) in [5.41, 5.74) is 2.68. The van der Waals surface area contributed by atoms with Gasteiger partial charge in [-0.2, -0.15) is 5.10 Å². The number of aryl methyl sites for hydroxylation is 1. The second kappa shape index (κ2) is 7.61. The molecule has 0 unspecified atom stereocenters. The molecule has 130 valence electrons. The standard InChI is InChI=1S/C19H22N4OS/c1-4-22(5-2)19-20-17(14-10-8-7-9-11-14)18(25-19)15-12-13-16(24)23(6-3)21-15/h7-13H,4-6H2,1-3H3. The van der Waals surface area contributed by atoms with E-state index in [2.05, 4.69) is 36.0 Å². The Morgan fingerprint density at radius 3 is 2.40 bits per heavy atom. The fourth-order valence-electron chi connectivity index (χ4n) is 2.70. The predicted octanol–water partition coefficient (Wildman–Crippen LogP) is 3.90. The molecule has 0 fully saturated rings. The van der Waals surface area contributed by atoms with E-state index in [1.165, 1.54) is 4.68 Å². The van der Waals surface area contributed by atoms with Gasteiger partial charge in [-0.05, 0) is 26.8 Å². The van der Waals surface area contributed by atoms with Gasteiger partial charge < -0.3 is 4.90 Å². The van der Waals surface area contributed by atoms with Crippen LogP contribution in [0.25, 0.3) is 21.8 Å². The molecule has 0 spiro atoms. The van der Waals surface area contributed by atoms with Gasteiger partial charge in [-0.1, -0.05) is 41.7 Å². The summed E-state index contributed by atoms with van der Waals surface area (Å²) in [6.07, 6.45) is 0. The van der Waals surface area contributed by atoms with E-state index >= 15 is 0 Å². The molecule has 0 aliphatic rings. The maximum atomic E-state index is 11.9. The molecule has 6 heteroatoms. The number of rotatable bonds is 6. The van der Waals surface area contributed by atoms with Crippen LogP contribution in [0.4, 0.5) is 5.13 Å². The largest absolute Gasteiger partial charge is 0.349 e. The SMILES string of the molecule is CCN(CC)c1nc(-c2ccccc2)c(-c2ccc(=O)n(CC)n2)s1. The van der Waals surface area contributed by atoms with Gasteiger partial charge in [0, 0.05) is 31.3 Å². The van der Waals surface area contributed by atoms with Crippen molar-refractivity contribution in [3.05, 3.63) is 52.8 Å². The molecule has 5 nitrogen and oxygen atoms in total. The zero-order valence-electron chi connectivity index (χ0n) is 14.8. The van der Waals surface area contributed by atoms with Crippen molar-refractivity contribution in [1.29, 1.82) is 0 Å². The quantitative estimate of drug-likeness (QED) is 0.674. The Bertz CT molecular complexity index is 897. The summed E-state index contributed by atoms with van der Waals surface area (Å²) in [7, 11) is 0. The van der Waals surface area contributed by atoms with Crippen molar-refractivity contribution in [2.45, 2.75) is 27.3 Å². The van der Waals surface area contributed by atoms with Crippen molar-refractivity contribution in [3.63, 3.8) is 0 Å². The molecule has 25 heavy (non-hydrogen) atoms. The van der Waals surface area contributed by atoms with Crippen LogP contribution in [-0.4, -0.2) is 27.9 Å². The molecule has 3 aromatic rings. The van der Waals surface area contributed by atoms with Crippen LogP contribution in [0.5, 0.6) is 0 Å². The number of anilines is 1. The fraction of sp³-hybridized carbons (Fsp3) is 0.316. The van der Waals surface area contributed by atoms with Crippen LogP contribution < -0.4 is 10.5 Å². The molecule has 0 bridgehead atoms. The van der Waals surface area contributed by atoms with Gasteiger partial charge in [0.1, 0.15) is 5.69 Å². The molecule has 0 amide bonds. The Kier molecular flexibility index (Phi) is 5.28. The highest BCUT2D eigenvalue weighted by molar-refractivity contribution is 7.19. The number of aromatic nitrogens is 3. The van der Waals surface area contributed by atoms with Crippen LogP contribution in [0, 0.1) is 0 Å². The Balaban J connectivity index is 2.19. The van der Waals surface area contributed by atoms with Crippen molar-refractivity contribution in [3.8, 4) is 21.8 Å². The normalized spacial score (nSPS) is 10.8. The first-order valence-corrected chi connectivity index (χ1v) is 9.39. The highest BCUT2D eigenvalue weighted by Gasteiger charge is 2.19. The Hall–Kier alpha value is -2.47. The van der Waals surface area contributed by atoms with E-state index in [9.17, 15) is 4.79 Å². The summed E-state index contributed by atoms with van der Waals surface area (Å²) in [5.74, 6) is 0. The third-order valence-electron chi connectivity index (χ3n) is 4.10. The molecular formula is C19H22N4OS. The Morgan fingerprint density at radius 1 is 1.04 bits per heavy atom. The van der Waals surface area contributed by atoms with Gasteiger partial charge in [0.05, 0.1) is 10.6 Å². The first-order valence-electron chi connectivity index (χ1n) is 8.57.